The van der Waals surface area contributed by atoms with E-state index in [1.54, 1.807) is 4.90 Å². The molecule has 0 spiro atoms. The van der Waals surface area contributed by atoms with Crippen molar-refractivity contribution < 1.29 is 4.79 Å². The fraction of sp³-hybridized carbons (Fsp3) is 0.357. The molecule has 2 nitrogen and oxygen atoms in total. The van der Waals surface area contributed by atoms with E-state index in [0.29, 0.717) is 0 Å². The second kappa shape index (κ2) is 4.52. The Balaban J connectivity index is 2.33. The number of hydrogen-bond donors (Lipinski definition) is 0. The van der Waals surface area contributed by atoms with Crippen LogP contribution in [0.25, 0.3) is 5.70 Å². The van der Waals surface area contributed by atoms with E-state index in [0.717, 1.165) is 23.2 Å². The SMILES string of the molecule is CCCC/C=C1/c2ccccc2C(=O)N1C. The molecule has 1 aliphatic rings. The minimum Gasteiger partial charge on any atom is -0.311 e. The molecule has 1 heterocycles. The molecule has 0 atom stereocenters. The highest BCUT2D eigenvalue weighted by molar-refractivity contribution is 6.08. The van der Waals surface area contributed by atoms with Gasteiger partial charge in [-0.15, -0.1) is 0 Å². The lowest BCUT2D eigenvalue weighted by Crippen LogP contribution is -2.17. The van der Waals surface area contributed by atoms with Crippen LogP contribution in [0.1, 0.15) is 42.1 Å². The van der Waals surface area contributed by atoms with Gasteiger partial charge in [0.25, 0.3) is 5.91 Å². The number of carbonyl (C=O) groups is 1. The number of unbranched alkanes of at least 4 members (excludes halogenated alkanes) is 2. The van der Waals surface area contributed by atoms with Crippen LogP contribution in [0.3, 0.4) is 0 Å². The third-order valence-corrected chi connectivity index (χ3v) is 2.99. The summed E-state index contributed by atoms with van der Waals surface area (Å²) in [5.41, 5.74) is 2.97. The van der Waals surface area contributed by atoms with Gasteiger partial charge in [-0.05, 0) is 18.9 Å². The highest BCUT2D eigenvalue weighted by Crippen LogP contribution is 2.31. The lowest BCUT2D eigenvalue weighted by atomic mass is 10.1. The maximum absolute atomic E-state index is 11.9. The molecule has 0 bridgehead atoms. The van der Waals surface area contributed by atoms with Crippen LogP contribution in [0.2, 0.25) is 0 Å². The van der Waals surface area contributed by atoms with Crippen molar-refractivity contribution in [1.29, 1.82) is 0 Å². The topological polar surface area (TPSA) is 20.3 Å². The quantitative estimate of drug-likeness (QED) is 0.708. The normalized spacial score (nSPS) is 17.0. The smallest absolute Gasteiger partial charge is 0.258 e. The number of allylic oxidation sites excluding steroid dienone is 1. The van der Waals surface area contributed by atoms with Gasteiger partial charge in [0, 0.05) is 23.9 Å². The molecule has 0 aromatic heterocycles. The Morgan fingerprint density at radius 2 is 1.94 bits per heavy atom. The Hall–Kier alpha value is -1.57. The van der Waals surface area contributed by atoms with E-state index < -0.39 is 0 Å². The maximum Gasteiger partial charge on any atom is 0.258 e. The van der Waals surface area contributed by atoms with Crippen molar-refractivity contribution in [2.24, 2.45) is 0 Å². The standard InChI is InChI=1S/C14H17NO/c1-3-4-5-10-13-11-8-6-7-9-12(11)14(16)15(13)2/h6-10H,3-5H2,1-2H3/b13-10-. The predicted octanol–water partition coefficient (Wildman–Crippen LogP) is 3.30. The van der Waals surface area contributed by atoms with Crippen molar-refractivity contribution in [2.75, 3.05) is 7.05 Å². The van der Waals surface area contributed by atoms with Gasteiger partial charge in [-0.3, -0.25) is 4.79 Å². The number of rotatable bonds is 3. The van der Waals surface area contributed by atoms with Crippen LogP contribution in [-0.4, -0.2) is 17.9 Å². The Labute approximate surface area is 96.6 Å². The van der Waals surface area contributed by atoms with Gasteiger partial charge in [0.15, 0.2) is 0 Å². The summed E-state index contributed by atoms with van der Waals surface area (Å²) in [4.78, 5) is 13.7. The van der Waals surface area contributed by atoms with Crippen LogP contribution in [0.15, 0.2) is 30.3 Å². The number of benzene rings is 1. The molecule has 1 amide bonds. The van der Waals surface area contributed by atoms with Crippen LogP contribution in [0, 0.1) is 0 Å². The van der Waals surface area contributed by atoms with E-state index in [4.69, 9.17) is 0 Å². The Morgan fingerprint density at radius 3 is 2.62 bits per heavy atom. The Morgan fingerprint density at radius 1 is 1.25 bits per heavy atom. The number of hydrogen-bond acceptors (Lipinski definition) is 1. The molecule has 2 rings (SSSR count). The summed E-state index contributed by atoms with van der Waals surface area (Å²) in [5, 5.41) is 0. The predicted molar refractivity (Wildman–Crippen MR) is 66.0 cm³/mol. The van der Waals surface area contributed by atoms with Crippen molar-refractivity contribution in [1.82, 2.24) is 4.90 Å². The van der Waals surface area contributed by atoms with Crippen LogP contribution in [0.5, 0.6) is 0 Å². The number of amides is 1. The fourth-order valence-electron chi connectivity index (χ4n) is 2.05. The van der Waals surface area contributed by atoms with Crippen LogP contribution >= 0.6 is 0 Å². The Kier molecular flexibility index (Phi) is 3.09. The van der Waals surface area contributed by atoms with Crippen LogP contribution in [0.4, 0.5) is 0 Å². The first kappa shape index (κ1) is 10.9. The maximum atomic E-state index is 11.9. The third kappa shape index (κ3) is 1.75. The van der Waals surface area contributed by atoms with Gasteiger partial charge < -0.3 is 4.90 Å². The molecule has 1 aromatic rings. The second-order valence-corrected chi connectivity index (χ2v) is 4.14. The highest BCUT2D eigenvalue weighted by atomic mass is 16.2. The van der Waals surface area contributed by atoms with Crippen LogP contribution < -0.4 is 0 Å². The van der Waals surface area contributed by atoms with Gasteiger partial charge in [-0.2, -0.15) is 0 Å². The van der Waals surface area contributed by atoms with Gasteiger partial charge >= 0.3 is 0 Å². The first-order valence-electron chi connectivity index (χ1n) is 5.83. The van der Waals surface area contributed by atoms with E-state index in [2.05, 4.69) is 13.0 Å². The molecule has 1 aromatic carbocycles. The zero-order valence-electron chi connectivity index (χ0n) is 9.86. The molecule has 0 N–H and O–H groups in total. The first-order valence-corrected chi connectivity index (χ1v) is 5.83. The minimum atomic E-state index is 0.110. The van der Waals surface area contributed by atoms with Crippen LogP contribution in [-0.2, 0) is 0 Å². The van der Waals surface area contributed by atoms with Gasteiger partial charge in [0.2, 0.25) is 0 Å². The van der Waals surface area contributed by atoms with Crippen molar-refractivity contribution in [2.45, 2.75) is 26.2 Å². The Bertz CT molecular complexity index is 434. The molecule has 0 saturated heterocycles. The van der Waals surface area contributed by atoms with Crippen molar-refractivity contribution >= 4 is 11.6 Å². The van der Waals surface area contributed by atoms with Gasteiger partial charge in [-0.25, -0.2) is 0 Å². The molecule has 0 fully saturated rings. The molecular formula is C14H17NO. The summed E-state index contributed by atoms with van der Waals surface area (Å²) in [6.45, 7) is 2.18. The lowest BCUT2D eigenvalue weighted by molar-refractivity contribution is 0.0874. The lowest BCUT2D eigenvalue weighted by Gasteiger charge is -2.11. The molecule has 0 aliphatic carbocycles. The van der Waals surface area contributed by atoms with Gasteiger partial charge in [0.05, 0.1) is 0 Å². The van der Waals surface area contributed by atoms with Crippen molar-refractivity contribution in [3.8, 4) is 0 Å². The van der Waals surface area contributed by atoms with E-state index in [9.17, 15) is 4.79 Å². The molecule has 0 radical (unpaired) electrons. The molecule has 1 aliphatic heterocycles. The average molecular weight is 215 g/mol. The van der Waals surface area contributed by atoms with E-state index in [-0.39, 0.29) is 5.91 Å². The van der Waals surface area contributed by atoms with E-state index in [1.807, 2.05) is 31.3 Å². The second-order valence-electron chi connectivity index (χ2n) is 4.14. The summed E-state index contributed by atoms with van der Waals surface area (Å²) in [7, 11) is 1.85. The summed E-state index contributed by atoms with van der Waals surface area (Å²) in [6.07, 6.45) is 5.57. The molecular weight excluding hydrogens is 198 g/mol. The zero-order valence-corrected chi connectivity index (χ0v) is 9.86. The van der Waals surface area contributed by atoms with Gasteiger partial charge in [0.1, 0.15) is 0 Å². The van der Waals surface area contributed by atoms with E-state index in [1.165, 1.54) is 12.8 Å². The molecule has 0 unspecified atom stereocenters. The molecule has 0 saturated carbocycles. The number of fused-ring (bicyclic) bond motifs is 1. The third-order valence-electron chi connectivity index (χ3n) is 2.99. The fourth-order valence-corrected chi connectivity index (χ4v) is 2.05. The largest absolute Gasteiger partial charge is 0.311 e. The first-order chi connectivity index (χ1) is 7.75. The molecule has 84 valence electrons. The van der Waals surface area contributed by atoms with Crippen molar-refractivity contribution in [3.05, 3.63) is 41.5 Å². The number of nitrogens with zero attached hydrogens (tertiary/aromatic N) is 1. The summed E-state index contributed by atoms with van der Waals surface area (Å²) >= 11 is 0. The van der Waals surface area contributed by atoms with Crippen molar-refractivity contribution in [3.63, 3.8) is 0 Å². The number of carbonyl (C=O) groups excluding carboxylic acids is 1. The monoisotopic (exact) mass is 215 g/mol. The van der Waals surface area contributed by atoms with E-state index >= 15 is 0 Å². The summed E-state index contributed by atoms with van der Waals surface area (Å²) in [6, 6.07) is 7.82. The highest BCUT2D eigenvalue weighted by Gasteiger charge is 2.28. The molecule has 2 heteroatoms. The zero-order chi connectivity index (χ0) is 11.5. The minimum absolute atomic E-state index is 0.110. The average Bonchev–Trinajstić information content (AvgIpc) is 2.55. The summed E-state index contributed by atoms with van der Waals surface area (Å²) in [5.74, 6) is 0.110. The summed E-state index contributed by atoms with van der Waals surface area (Å²) < 4.78 is 0. The molecule has 16 heavy (non-hydrogen) atoms. The van der Waals surface area contributed by atoms with Gasteiger partial charge in [-0.1, -0.05) is 37.6 Å².